The summed E-state index contributed by atoms with van der Waals surface area (Å²) in [4.78, 5) is 0. The number of alkyl halides is 2. The fraction of sp³-hybridized carbons (Fsp3) is 0.647. The Labute approximate surface area is 147 Å². The molecule has 1 atom stereocenters. The van der Waals surface area contributed by atoms with Crippen LogP contribution in [0, 0.1) is 5.92 Å². The topological polar surface area (TPSA) is 18.5 Å². The van der Waals surface area contributed by atoms with E-state index in [1.807, 2.05) is 6.92 Å². The molecule has 0 aliphatic heterocycles. The molecule has 0 radical (unpaired) electrons. The Morgan fingerprint density at radius 3 is 2.33 bits per heavy atom. The van der Waals surface area contributed by atoms with Crippen molar-refractivity contribution in [2.24, 2.45) is 5.92 Å². The van der Waals surface area contributed by atoms with Crippen molar-refractivity contribution in [2.75, 3.05) is 13.7 Å². The largest absolute Gasteiger partial charge is 0.496 e. The van der Waals surface area contributed by atoms with Crippen molar-refractivity contribution in [3.63, 3.8) is 0 Å². The first-order valence-electron chi connectivity index (χ1n) is 10.1. The monoisotopic (exact) mass is 338 g/mol. The summed E-state index contributed by atoms with van der Waals surface area (Å²) in [5.41, 5.74) is -0.737. The number of hydrogen-bond donors (Lipinski definition) is 0. The van der Waals surface area contributed by atoms with Gasteiger partial charge < -0.3 is 9.47 Å². The minimum absolute atomic E-state index is 0.186. The molecular formula is C17H26Cl2O2. The Hall–Kier alpha value is -0.600. The van der Waals surface area contributed by atoms with Gasteiger partial charge in [0.2, 0.25) is 0 Å². The molecule has 0 bridgehead atoms. The lowest BCUT2D eigenvalue weighted by atomic mass is 10.0. The molecular weight excluding hydrogens is 307 g/mol. The van der Waals surface area contributed by atoms with Gasteiger partial charge in [0, 0.05) is 16.6 Å². The quantitative estimate of drug-likeness (QED) is 0.504. The molecule has 0 aliphatic rings. The van der Waals surface area contributed by atoms with Crippen molar-refractivity contribution < 1.29 is 17.7 Å². The zero-order valence-electron chi connectivity index (χ0n) is 18.7. The summed E-state index contributed by atoms with van der Waals surface area (Å²) < 4.78 is 58.7. The van der Waals surface area contributed by atoms with Crippen LogP contribution >= 0.6 is 23.2 Å². The molecule has 0 saturated carbocycles. The van der Waals surface area contributed by atoms with Crippen LogP contribution < -0.4 is 9.47 Å². The third-order valence-electron chi connectivity index (χ3n) is 3.33. The van der Waals surface area contributed by atoms with Crippen molar-refractivity contribution in [3.05, 3.63) is 23.2 Å². The van der Waals surface area contributed by atoms with Gasteiger partial charge in [-0.1, -0.05) is 33.1 Å². The maximum atomic E-state index is 8.37. The second kappa shape index (κ2) is 10.2. The van der Waals surface area contributed by atoms with Crippen LogP contribution in [0.15, 0.2) is 12.1 Å². The minimum Gasteiger partial charge on any atom is -0.496 e. The van der Waals surface area contributed by atoms with Crippen molar-refractivity contribution in [1.82, 2.24) is 0 Å². The molecule has 0 fully saturated rings. The van der Waals surface area contributed by atoms with Crippen LogP contribution in [0.25, 0.3) is 0 Å². The number of rotatable bonds is 10. The standard InChI is InChI=1S/C17H26Cl2O2/c1-4-6-7-13(5-2)12-21-17-9-14(10-18)16(20-3)8-15(17)11-19/h8-9,13H,4-7,10-12H2,1-3H3/i8D,9D,10D2,11D2. The molecule has 21 heavy (non-hydrogen) atoms. The molecule has 4 heteroatoms. The molecule has 0 heterocycles. The van der Waals surface area contributed by atoms with Gasteiger partial charge in [-0.15, -0.1) is 23.2 Å². The maximum absolute atomic E-state index is 8.37. The van der Waals surface area contributed by atoms with Gasteiger partial charge >= 0.3 is 0 Å². The first kappa shape index (κ1) is 11.0. The van der Waals surface area contributed by atoms with Gasteiger partial charge in [-0.3, -0.25) is 0 Å². The fourth-order valence-corrected chi connectivity index (χ4v) is 2.23. The van der Waals surface area contributed by atoms with Crippen LogP contribution in [0.1, 0.15) is 58.9 Å². The van der Waals surface area contributed by atoms with Crippen molar-refractivity contribution in [1.29, 1.82) is 0 Å². The number of unbranched alkanes of at least 4 members (excludes halogenated alkanes) is 1. The Kier molecular flexibility index (Phi) is 5.34. The van der Waals surface area contributed by atoms with Crippen LogP contribution in [0.5, 0.6) is 11.5 Å². The predicted octanol–water partition coefficient (Wildman–Crippen LogP) is 5.77. The Morgan fingerprint density at radius 2 is 1.81 bits per heavy atom. The van der Waals surface area contributed by atoms with E-state index in [-0.39, 0.29) is 35.2 Å². The van der Waals surface area contributed by atoms with Gasteiger partial charge in [0.1, 0.15) is 11.5 Å². The van der Waals surface area contributed by atoms with E-state index in [2.05, 4.69) is 6.92 Å². The summed E-state index contributed by atoms with van der Waals surface area (Å²) in [5, 5.41) is 0. The van der Waals surface area contributed by atoms with E-state index >= 15 is 0 Å². The van der Waals surface area contributed by atoms with E-state index in [0.717, 1.165) is 25.7 Å². The molecule has 0 amide bonds. The average molecular weight is 339 g/mol. The van der Waals surface area contributed by atoms with Gasteiger partial charge in [0.05, 0.1) is 28.1 Å². The molecule has 0 aliphatic carbocycles. The first-order valence-corrected chi connectivity index (χ1v) is 7.88. The summed E-state index contributed by atoms with van der Waals surface area (Å²) in [6.45, 7) is 4.30. The maximum Gasteiger partial charge on any atom is 0.124 e. The Balaban J connectivity index is 3.54. The molecule has 0 saturated heterocycles. The molecule has 2 nitrogen and oxygen atoms in total. The molecule has 0 aromatic heterocycles. The van der Waals surface area contributed by atoms with E-state index < -0.39 is 23.7 Å². The molecule has 1 aromatic rings. The molecule has 1 aromatic carbocycles. The lowest BCUT2D eigenvalue weighted by Gasteiger charge is -2.18. The normalized spacial score (nSPS) is 17.8. The summed E-state index contributed by atoms with van der Waals surface area (Å²) in [6.07, 6.45) is 3.80. The third kappa shape index (κ3) is 5.60. The van der Waals surface area contributed by atoms with Crippen LogP contribution in [-0.2, 0) is 11.7 Å². The van der Waals surface area contributed by atoms with Crippen LogP contribution in [0.4, 0.5) is 0 Å². The van der Waals surface area contributed by atoms with Gasteiger partial charge in [-0.25, -0.2) is 0 Å². The summed E-state index contributed by atoms with van der Waals surface area (Å²) in [6, 6.07) is -0.947. The minimum atomic E-state index is -2.50. The van der Waals surface area contributed by atoms with Gasteiger partial charge in [-0.2, -0.15) is 0 Å². The smallest absolute Gasteiger partial charge is 0.124 e. The molecule has 1 unspecified atom stereocenters. The summed E-state index contributed by atoms with van der Waals surface area (Å²) in [5.74, 6) is -5.41. The average Bonchev–Trinajstić information content (AvgIpc) is 2.54. The van der Waals surface area contributed by atoms with Gasteiger partial charge in [0.15, 0.2) is 0 Å². The predicted molar refractivity (Wildman–Crippen MR) is 90.9 cm³/mol. The highest BCUT2D eigenvalue weighted by molar-refractivity contribution is 6.18. The highest BCUT2D eigenvalue weighted by atomic mass is 35.5. The molecule has 1 rings (SSSR count). The zero-order chi connectivity index (χ0) is 21.0. The fourth-order valence-electron chi connectivity index (χ4n) is 1.96. The Morgan fingerprint density at radius 1 is 1.19 bits per heavy atom. The van der Waals surface area contributed by atoms with Crippen LogP contribution in [0.3, 0.4) is 0 Å². The number of ether oxygens (including phenoxy) is 2. The van der Waals surface area contributed by atoms with Gasteiger partial charge in [0.25, 0.3) is 0 Å². The summed E-state index contributed by atoms with van der Waals surface area (Å²) >= 11 is 11.6. The van der Waals surface area contributed by atoms with E-state index in [1.54, 1.807) is 0 Å². The van der Waals surface area contributed by atoms with Crippen LogP contribution in [-0.4, -0.2) is 13.7 Å². The van der Waals surface area contributed by atoms with Crippen molar-refractivity contribution >= 4 is 23.2 Å². The lowest BCUT2D eigenvalue weighted by Crippen LogP contribution is -2.12. The third-order valence-corrected chi connectivity index (χ3v) is 3.71. The van der Waals surface area contributed by atoms with Crippen LogP contribution in [0.2, 0.25) is 0 Å². The second-order valence-electron chi connectivity index (χ2n) is 4.78. The summed E-state index contributed by atoms with van der Waals surface area (Å²) in [7, 11) is 1.20. The number of methoxy groups -OCH3 is 1. The molecule has 120 valence electrons. The van der Waals surface area contributed by atoms with E-state index in [1.165, 1.54) is 7.11 Å². The molecule has 0 spiro atoms. The number of benzene rings is 1. The van der Waals surface area contributed by atoms with Crippen molar-refractivity contribution in [2.45, 2.75) is 51.2 Å². The second-order valence-corrected chi connectivity index (χ2v) is 5.16. The number of halogens is 2. The number of hydrogen-bond acceptors (Lipinski definition) is 2. The van der Waals surface area contributed by atoms with Gasteiger partial charge in [-0.05, 0) is 24.4 Å². The first-order chi connectivity index (χ1) is 12.4. The van der Waals surface area contributed by atoms with E-state index in [0.29, 0.717) is 0 Å². The highest BCUT2D eigenvalue weighted by Gasteiger charge is 2.13. The zero-order valence-corrected chi connectivity index (χ0v) is 14.2. The van der Waals surface area contributed by atoms with E-state index in [9.17, 15) is 0 Å². The van der Waals surface area contributed by atoms with Crippen molar-refractivity contribution in [3.8, 4) is 11.5 Å². The molecule has 0 N–H and O–H groups in total. The SMILES string of the molecule is [2H]c1c(OCC(CC)CCCC)c(C([2H])([2H])Cl)c([2H])c(OC)c1C([2H])([2H])Cl. The highest BCUT2D eigenvalue weighted by Crippen LogP contribution is 2.31. The van der Waals surface area contributed by atoms with E-state index in [4.69, 9.17) is 40.9 Å². The Bertz CT molecular complexity index is 644. The lowest BCUT2D eigenvalue weighted by molar-refractivity contribution is 0.231.